The van der Waals surface area contributed by atoms with Crippen LogP contribution in [-0.2, 0) is 16.8 Å². The van der Waals surface area contributed by atoms with Gasteiger partial charge in [0.1, 0.15) is 0 Å². The smallest absolute Gasteiger partial charge is 0.255 e. The van der Waals surface area contributed by atoms with Gasteiger partial charge in [0.25, 0.3) is 5.91 Å². The van der Waals surface area contributed by atoms with Gasteiger partial charge in [0, 0.05) is 13.1 Å². The Labute approximate surface area is 179 Å². The van der Waals surface area contributed by atoms with Crippen molar-refractivity contribution in [1.82, 2.24) is 9.88 Å². The minimum Gasteiger partial charge on any atom is -0.493 e. The molecule has 3 aromatic rings. The molecule has 2 aromatic carbocycles. The summed E-state index contributed by atoms with van der Waals surface area (Å²) in [6.07, 6.45) is 2.38. The van der Waals surface area contributed by atoms with Gasteiger partial charge in [0.2, 0.25) is 0 Å². The molecule has 1 amide bonds. The number of piperidine rings is 1. The van der Waals surface area contributed by atoms with Crippen molar-refractivity contribution in [2.45, 2.75) is 24.9 Å². The van der Waals surface area contributed by atoms with E-state index >= 15 is 0 Å². The third kappa shape index (κ3) is 3.04. The molecular weight excluding hydrogens is 400 g/mol. The molecule has 1 spiro atoms. The summed E-state index contributed by atoms with van der Waals surface area (Å²) in [5.74, 6) is 1.54. The fraction of sp³-hybridized carbons (Fsp3) is 0.391. The molecule has 0 aliphatic carbocycles. The first-order valence-corrected chi connectivity index (χ1v) is 11.0. The van der Waals surface area contributed by atoms with Crippen LogP contribution in [0, 0.1) is 0 Å². The van der Waals surface area contributed by atoms with Gasteiger partial charge < -0.3 is 19.1 Å². The fourth-order valence-corrected chi connectivity index (χ4v) is 5.49. The van der Waals surface area contributed by atoms with Crippen molar-refractivity contribution in [1.29, 1.82) is 0 Å². The van der Waals surface area contributed by atoms with Gasteiger partial charge in [-0.2, -0.15) is 0 Å². The number of thiazole rings is 1. The van der Waals surface area contributed by atoms with Crippen LogP contribution in [0.4, 0.5) is 0 Å². The van der Waals surface area contributed by atoms with Gasteiger partial charge in [-0.05, 0) is 54.7 Å². The average Bonchev–Trinajstić information content (AvgIpc) is 3.27. The highest BCUT2D eigenvalue weighted by Gasteiger charge is 2.42. The number of rotatable bonds is 3. The molecule has 0 saturated carbocycles. The Hall–Kier alpha value is -2.64. The van der Waals surface area contributed by atoms with Gasteiger partial charge in [-0.25, -0.2) is 4.98 Å². The van der Waals surface area contributed by atoms with Crippen LogP contribution in [0.2, 0.25) is 0 Å². The molecule has 5 rings (SSSR count). The van der Waals surface area contributed by atoms with Crippen molar-refractivity contribution >= 4 is 27.5 Å². The Balaban J connectivity index is 1.41. The lowest BCUT2D eigenvalue weighted by Gasteiger charge is -2.45. The number of fused-ring (bicyclic) bond motifs is 3. The van der Waals surface area contributed by atoms with Crippen molar-refractivity contribution in [3.05, 3.63) is 52.5 Å². The minimum absolute atomic E-state index is 0.0723. The van der Waals surface area contributed by atoms with E-state index in [1.165, 1.54) is 22.5 Å². The molecule has 0 N–H and O–H groups in total. The first-order chi connectivity index (χ1) is 14.6. The molecule has 2 aliphatic heterocycles. The van der Waals surface area contributed by atoms with E-state index in [-0.39, 0.29) is 11.5 Å². The quantitative estimate of drug-likeness (QED) is 0.636. The molecule has 1 aromatic heterocycles. The zero-order valence-electron chi connectivity index (χ0n) is 17.1. The van der Waals surface area contributed by atoms with E-state index in [0.717, 1.165) is 46.5 Å². The molecule has 2 aliphatic rings. The maximum atomic E-state index is 13.2. The lowest BCUT2D eigenvalue weighted by atomic mass is 9.79. The largest absolute Gasteiger partial charge is 0.493 e. The number of carbonyl (C=O) groups excluding carboxylic acids is 1. The number of amides is 1. The maximum absolute atomic E-state index is 13.2. The monoisotopic (exact) mass is 424 g/mol. The van der Waals surface area contributed by atoms with E-state index < -0.39 is 0 Å². The van der Waals surface area contributed by atoms with Crippen LogP contribution in [0.25, 0.3) is 10.2 Å². The summed E-state index contributed by atoms with van der Waals surface area (Å²) >= 11 is 1.52. The minimum atomic E-state index is -0.375. The molecule has 30 heavy (non-hydrogen) atoms. The normalized spacial score (nSPS) is 17.7. The molecule has 7 heteroatoms. The van der Waals surface area contributed by atoms with E-state index in [9.17, 15) is 4.79 Å². The predicted molar refractivity (Wildman–Crippen MR) is 116 cm³/mol. The Morgan fingerprint density at radius 1 is 1.17 bits per heavy atom. The molecule has 0 bridgehead atoms. The summed E-state index contributed by atoms with van der Waals surface area (Å²) in [5.41, 5.74) is 5.45. The van der Waals surface area contributed by atoms with Crippen LogP contribution in [0.1, 0.15) is 34.3 Å². The van der Waals surface area contributed by atoms with Gasteiger partial charge in [-0.1, -0.05) is 6.07 Å². The van der Waals surface area contributed by atoms with Crippen molar-refractivity contribution in [2.75, 3.05) is 33.9 Å². The van der Waals surface area contributed by atoms with Gasteiger partial charge >= 0.3 is 0 Å². The standard InChI is InChI=1S/C23H24N2O4S/c1-27-19-12-15-6-11-29-23(17(15)13-20(19)28-2)7-9-25(10-8-23)22(26)16-4-3-5-18-21(16)30-14-24-18/h3-5,12-14H,6-11H2,1-2H3. The summed E-state index contributed by atoms with van der Waals surface area (Å²) < 4.78 is 18.3. The Kier molecular flexibility index (Phi) is 4.87. The molecule has 0 atom stereocenters. The summed E-state index contributed by atoms with van der Waals surface area (Å²) in [4.78, 5) is 19.5. The molecule has 6 nitrogen and oxygen atoms in total. The molecule has 156 valence electrons. The Bertz CT molecular complexity index is 1100. The number of hydrogen-bond donors (Lipinski definition) is 0. The summed E-state index contributed by atoms with van der Waals surface area (Å²) in [6.45, 7) is 1.99. The second-order valence-corrected chi connectivity index (χ2v) is 8.61. The van der Waals surface area contributed by atoms with Crippen LogP contribution in [-0.4, -0.2) is 49.7 Å². The van der Waals surface area contributed by atoms with Crippen LogP contribution >= 0.6 is 11.3 Å². The SMILES string of the molecule is COc1cc2c(cc1OC)C1(CCN(C(=O)c3cccc4ncsc34)CC1)OCC2. The van der Waals surface area contributed by atoms with Gasteiger partial charge in [0.15, 0.2) is 11.5 Å². The number of carbonyl (C=O) groups is 1. The van der Waals surface area contributed by atoms with E-state index in [1.54, 1.807) is 19.7 Å². The van der Waals surface area contributed by atoms with Crippen LogP contribution < -0.4 is 9.47 Å². The molecule has 3 heterocycles. The van der Waals surface area contributed by atoms with Gasteiger partial charge in [-0.15, -0.1) is 11.3 Å². The lowest BCUT2D eigenvalue weighted by Crippen LogP contribution is -2.48. The zero-order chi connectivity index (χ0) is 20.7. The number of likely N-dealkylation sites (tertiary alicyclic amines) is 1. The number of aromatic nitrogens is 1. The second-order valence-electron chi connectivity index (χ2n) is 7.76. The number of hydrogen-bond acceptors (Lipinski definition) is 6. The zero-order valence-corrected chi connectivity index (χ0v) is 18.0. The fourth-order valence-electron chi connectivity index (χ4n) is 4.70. The highest BCUT2D eigenvalue weighted by atomic mass is 32.1. The Morgan fingerprint density at radius 3 is 2.70 bits per heavy atom. The molecular formula is C23H24N2O4S. The van der Waals surface area contributed by atoms with Crippen molar-refractivity contribution in [3.63, 3.8) is 0 Å². The second kappa shape index (κ2) is 7.56. The highest BCUT2D eigenvalue weighted by Crippen LogP contribution is 2.45. The van der Waals surface area contributed by atoms with Crippen LogP contribution in [0.3, 0.4) is 0 Å². The van der Waals surface area contributed by atoms with E-state index in [2.05, 4.69) is 17.1 Å². The van der Waals surface area contributed by atoms with Crippen molar-refractivity contribution in [2.24, 2.45) is 0 Å². The molecule has 1 saturated heterocycles. The molecule has 0 radical (unpaired) electrons. The van der Waals surface area contributed by atoms with Crippen LogP contribution in [0.5, 0.6) is 11.5 Å². The van der Waals surface area contributed by atoms with Gasteiger partial charge in [0.05, 0.1) is 47.7 Å². The third-order valence-electron chi connectivity index (χ3n) is 6.30. The topological polar surface area (TPSA) is 60.9 Å². The number of ether oxygens (including phenoxy) is 3. The van der Waals surface area contributed by atoms with Crippen molar-refractivity contribution in [3.8, 4) is 11.5 Å². The van der Waals surface area contributed by atoms with E-state index in [0.29, 0.717) is 19.7 Å². The number of nitrogens with zero attached hydrogens (tertiary/aromatic N) is 2. The van der Waals surface area contributed by atoms with Crippen molar-refractivity contribution < 1.29 is 19.0 Å². The Morgan fingerprint density at radius 2 is 1.93 bits per heavy atom. The third-order valence-corrected chi connectivity index (χ3v) is 7.17. The molecule has 1 fully saturated rings. The van der Waals surface area contributed by atoms with Gasteiger partial charge in [-0.3, -0.25) is 4.79 Å². The van der Waals surface area contributed by atoms with E-state index in [1.807, 2.05) is 23.1 Å². The first-order valence-electron chi connectivity index (χ1n) is 10.2. The molecule has 0 unspecified atom stereocenters. The summed E-state index contributed by atoms with van der Waals surface area (Å²) in [7, 11) is 3.31. The summed E-state index contributed by atoms with van der Waals surface area (Å²) in [6, 6.07) is 9.88. The predicted octanol–water partition coefficient (Wildman–Crippen LogP) is 4.02. The first kappa shape index (κ1) is 19.3. The average molecular weight is 425 g/mol. The number of methoxy groups -OCH3 is 2. The number of benzene rings is 2. The lowest BCUT2D eigenvalue weighted by molar-refractivity contribution is -0.0936. The highest BCUT2D eigenvalue weighted by molar-refractivity contribution is 7.17. The summed E-state index contributed by atoms with van der Waals surface area (Å²) in [5, 5.41) is 0. The van der Waals surface area contributed by atoms with E-state index in [4.69, 9.17) is 14.2 Å². The van der Waals surface area contributed by atoms with Crippen LogP contribution in [0.15, 0.2) is 35.8 Å². The maximum Gasteiger partial charge on any atom is 0.255 e.